The average molecular weight is 285 g/mol. The molecule has 2 N–H and O–H groups in total. The summed E-state index contributed by atoms with van der Waals surface area (Å²) < 4.78 is 15.8. The average Bonchev–Trinajstić information content (AvgIpc) is 2.70. The highest BCUT2D eigenvalue weighted by molar-refractivity contribution is 9.10. The normalized spacial score (nSPS) is 10.7. The molecule has 84 valence electrons. The molecular formula is C10H10BrFN4. The van der Waals surface area contributed by atoms with E-state index in [2.05, 4.69) is 26.2 Å². The highest BCUT2D eigenvalue weighted by Gasteiger charge is 2.05. The third-order valence-electron chi connectivity index (χ3n) is 2.14. The largest absolute Gasteiger partial charge is 0.325 e. The molecule has 1 aromatic carbocycles. The molecule has 0 saturated carbocycles. The van der Waals surface area contributed by atoms with Crippen molar-refractivity contribution in [2.45, 2.75) is 13.1 Å². The molecule has 0 amide bonds. The predicted octanol–water partition coefficient (Wildman–Crippen LogP) is 1.69. The lowest BCUT2D eigenvalue weighted by atomic mass is 10.2. The fourth-order valence-corrected chi connectivity index (χ4v) is 1.67. The van der Waals surface area contributed by atoms with Crippen molar-refractivity contribution in [2.75, 3.05) is 0 Å². The first-order valence-electron chi connectivity index (χ1n) is 4.72. The zero-order valence-electron chi connectivity index (χ0n) is 8.40. The van der Waals surface area contributed by atoms with Crippen LogP contribution in [0.3, 0.4) is 0 Å². The molecular weight excluding hydrogens is 275 g/mol. The van der Waals surface area contributed by atoms with Crippen molar-refractivity contribution in [1.29, 1.82) is 0 Å². The van der Waals surface area contributed by atoms with Crippen molar-refractivity contribution in [3.8, 4) is 0 Å². The summed E-state index contributed by atoms with van der Waals surface area (Å²) in [5.41, 5.74) is 6.67. The van der Waals surface area contributed by atoms with Gasteiger partial charge in [0.05, 0.1) is 18.4 Å². The molecule has 0 aliphatic rings. The van der Waals surface area contributed by atoms with Gasteiger partial charge in [0.1, 0.15) is 5.82 Å². The summed E-state index contributed by atoms with van der Waals surface area (Å²) in [4.78, 5) is 0. The van der Waals surface area contributed by atoms with Gasteiger partial charge in [0.2, 0.25) is 0 Å². The maximum atomic E-state index is 13.5. The fourth-order valence-electron chi connectivity index (χ4n) is 1.33. The SMILES string of the molecule is NCc1cn(Cc2ccc(Br)cc2F)nn1. The molecule has 6 heteroatoms. The van der Waals surface area contributed by atoms with Gasteiger partial charge in [-0.1, -0.05) is 27.2 Å². The van der Waals surface area contributed by atoms with E-state index in [1.165, 1.54) is 6.07 Å². The smallest absolute Gasteiger partial charge is 0.129 e. The standard InChI is InChI=1S/C10H10BrFN4/c11-8-2-1-7(10(12)3-8)5-16-6-9(4-13)14-15-16/h1-3,6H,4-5,13H2. The van der Waals surface area contributed by atoms with Crippen LogP contribution < -0.4 is 5.73 Å². The van der Waals surface area contributed by atoms with Gasteiger partial charge in [-0.05, 0) is 12.1 Å². The Morgan fingerprint density at radius 2 is 2.25 bits per heavy atom. The molecule has 0 bridgehead atoms. The summed E-state index contributed by atoms with van der Waals surface area (Å²) in [5.74, 6) is -0.265. The molecule has 0 spiro atoms. The van der Waals surface area contributed by atoms with Gasteiger partial charge < -0.3 is 5.73 Å². The van der Waals surface area contributed by atoms with E-state index in [0.29, 0.717) is 24.3 Å². The first kappa shape index (κ1) is 11.2. The second-order valence-electron chi connectivity index (χ2n) is 3.35. The number of halogens is 2. The van der Waals surface area contributed by atoms with E-state index in [1.807, 2.05) is 0 Å². The van der Waals surface area contributed by atoms with Crippen LogP contribution in [0.15, 0.2) is 28.9 Å². The van der Waals surface area contributed by atoms with Gasteiger partial charge in [-0.15, -0.1) is 5.10 Å². The summed E-state index contributed by atoms with van der Waals surface area (Å²) in [6.07, 6.45) is 1.71. The Morgan fingerprint density at radius 1 is 1.44 bits per heavy atom. The van der Waals surface area contributed by atoms with Gasteiger partial charge in [-0.25, -0.2) is 9.07 Å². The molecule has 1 aromatic heterocycles. The molecule has 0 aliphatic carbocycles. The quantitative estimate of drug-likeness (QED) is 0.933. The Bertz CT molecular complexity index is 497. The molecule has 0 fully saturated rings. The van der Waals surface area contributed by atoms with Crippen molar-refractivity contribution in [2.24, 2.45) is 5.73 Å². The summed E-state index contributed by atoms with van der Waals surface area (Å²) in [6, 6.07) is 4.93. The van der Waals surface area contributed by atoms with Crippen molar-refractivity contribution >= 4 is 15.9 Å². The third kappa shape index (κ3) is 2.45. The number of hydrogen-bond acceptors (Lipinski definition) is 3. The number of nitrogens with two attached hydrogens (primary N) is 1. The molecule has 4 nitrogen and oxygen atoms in total. The Morgan fingerprint density at radius 3 is 2.88 bits per heavy atom. The number of benzene rings is 1. The van der Waals surface area contributed by atoms with E-state index >= 15 is 0 Å². The number of aromatic nitrogens is 3. The monoisotopic (exact) mass is 284 g/mol. The summed E-state index contributed by atoms with van der Waals surface area (Å²) in [5, 5.41) is 7.69. The van der Waals surface area contributed by atoms with Crippen molar-refractivity contribution < 1.29 is 4.39 Å². The fraction of sp³-hybridized carbons (Fsp3) is 0.200. The first-order chi connectivity index (χ1) is 7.69. The molecule has 16 heavy (non-hydrogen) atoms. The molecule has 2 rings (SSSR count). The summed E-state index contributed by atoms with van der Waals surface area (Å²) >= 11 is 3.21. The predicted molar refractivity (Wildman–Crippen MR) is 61.1 cm³/mol. The molecule has 0 aliphatic heterocycles. The van der Waals surface area contributed by atoms with E-state index < -0.39 is 0 Å². The molecule has 0 unspecified atom stereocenters. The van der Waals surface area contributed by atoms with E-state index in [9.17, 15) is 4.39 Å². The third-order valence-corrected chi connectivity index (χ3v) is 2.64. The van der Waals surface area contributed by atoms with Gasteiger partial charge in [-0.2, -0.15) is 0 Å². The minimum absolute atomic E-state index is 0.265. The lowest BCUT2D eigenvalue weighted by Gasteiger charge is -2.02. The Hall–Kier alpha value is -1.27. The zero-order valence-corrected chi connectivity index (χ0v) is 9.98. The highest BCUT2D eigenvalue weighted by Crippen LogP contribution is 2.15. The number of rotatable bonds is 3. The lowest BCUT2D eigenvalue weighted by molar-refractivity contribution is 0.576. The maximum absolute atomic E-state index is 13.5. The maximum Gasteiger partial charge on any atom is 0.129 e. The second-order valence-corrected chi connectivity index (χ2v) is 4.26. The van der Waals surface area contributed by atoms with Crippen LogP contribution in [0, 0.1) is 5.82 Å². The lowest BCUT2D eigenvalue weighted by Crippen LogP contribution is -2.02. The van der Waals surface area contributed by atoms with Crippen LogP contribution >= 0.6 is 15.9 Å². The van der Waals surface area contributed by atoms with E-state index in [4.69, 9.17) is 5.73 Å². The van der Waals surface area contributed by atoms with Crippen LogP contribution in [-0.2, 0) is 13.1 Å². The van der Waals surface area contributed by atoms with Crippen molar-refractivity contribution in [3.63, 3.8) is 0 Å². The topological polar surface area (TPSA) is 56.7 Å². The minimum atomic E-state index is -0.265. The highest BCUT2D eigenvalue weighted by atomic mass is 79.9. The van der Waals surface area contributed by atoms with Crippen molar-refractivity contribution in [3.05, 3.63) is 45.9 Å². The van der Waals surface area contributed by atoms with Crippen molar-refractivity contribution in [1.82, 2.24) is 15.0 Å². The molecule has 2 aromatic rings. The Kier molecular flexibility index (Phi) is 3.31. The van der Waals surface area contributed by atoms with Crippen LogP contribution in [0.25, 0.3) is 0 Å². The van der Waals surface area contributed by atoms with Crippen LogP contribution in [0.5, 0.6) is 0 Å². The molecule has 1 heterocycles. The van der Waals surface area contributed by atoms with Crippen LogP contribution in [0.1, 0.15) is 11.3 Å². The zero-order chi connectivity index (χ0) is 11.5. The first-order valence-corrected chi connectivity index (χ1v) is 5.51. The number of hydrogen-bond donors (Lipinski definition) is 1. The summed E-state index contributed by atoms with van der Waals surface area (Å²) in [7, 11) is 0. The van der Waals surface area contributed by atoms with E-state index in [-0.39, 0.29) is 5.82 Å². The van der Waals surface area contributed by atoms with E-state index in [1.54, 1.807) is 23.0 Å². The van der Waals surface area contributed by atoms with Gasteiger partial charge in [0.15, 0.2) is 0 Å². The molecule has 0 radical (unpaired) electrons. The van der Waals surface area contributed by atoms with Gasteiger partial charge >= 0.3 is 0 Å². The van der Waals surface area contributed by atoms with Crippen LogP contribution in [0.4, 0.5) is 4.39 Å². The Labute approximate surface area is 100 Å². The molecule has 0 saturated heterocycles. The van der Waals surface area contributed by atoms with Gasteiger partial charge in [0.25, 0.3) is 0 Å². The van der Waals surface area contributed by atoms with Gasteiger partial charge in [0, 0.05) is 16.6 Å². The number of nitrogens with zero attached hydrogens (tertiary/aromatic N) is 3. The van der Waals surface area contributed by atoms with Crippen LogP contribution in [0.2, 0.25) is 0 Å². The van der Waals surface area contributed by atoms with E-state index in [0.717, 1.165) is 4.47 Å². The van der Waals surface area contributed by atoms with Gasteiger partial charge in [-0.3, -0.25) is 0 Å². The summed E-state index contributed by atoms with van der Waals surface area (Å²) in [6.45, 7) is 0.689. The second kappa shape index (κ2) is 4.71. The van der Waals surface area contributed by atoms with Crippen LogP contribution in [-0.4, -0.2) is 15.0 Å². The minimum Gasteiger partial charge on any atom is -0.325 e. The molecule has 0 atom stereocenters. The Balaban J connectivity index is 2.20.